The van der Waals surface area contributed by atoms with Gasteiger partial charge in [-0.1, -0.05) is 19.1 Å². The topological polar surface area (TPSA) is 84.7 Å². The summed E-state index contributed by atoms with van der Waals surface area (Å²) in [6.07, 6.45) is -4.98. The van der Waals surface area contributed by atoms with Gasteiger partial charge >= 0.3 is 6.18 Å². The minimum atomic E-state index is -4.71. The highest BCUT2D eigenvalue weighted by Crippen LogP contribution is 2.43. The van der Waals surface area contributed by atoms with E-state index < -0.39 is 34.4 Å². The number of nitrogens with zero attached hydrogens (tertiary/aromatic N) is 2. The molecule has 29 heavy (non-hydrogen) atoms. The molecule has 1 atom stereocenters. The van der Waals surface area contributed by atoms with E-state index in [0.29, 0.717) is 30.5 Å². The summed E-state index contributed by atoms with van der Waals surface area (Å²) in [7, 11) is 0. The van der Waals surface area contributed by atoms with E-state index >= 15 is 0 Å². The highest BCUT2D eigenvalue weighted by atomic mass is 19.4. The third-order valence-corrected chi connectivity index (χ3v) is 4.41. The maximum atomic E-state index is 13.0. The van der Waals surface area contributed by atoms with E-state index in [9.17, 15) is 28.1 Å². The number of hydrogen-bond acceptors (Lipinski definition) is 5. The number of carbonyl (C=O) groups excluding carboxylic acids is 1. The minimum absolute atomic E-state index is 0.0490. The van der Waals surface area contributed by atoms with Gasteiger partial charge in [0, 0.05) is 12.6 Å². The van der Waals surface area contributed by atoms with Crippen LogP contribution in [-0.2, 0) is 11.0 Å². The first-order chi connectivity index (χ1) is 13.7. The number of fused-ring (bicyclic) bond motifs is 1. The second-order valence-corrected chi connectivity index (χ2v) is 6.43. The fourth-order valence-electron chi connectivity index (χ4n) is 3.04. The van der Waals surface area contributed by atoms with Gasteiger partial charge in [0.05, 0.1) is 22.7 Å². The molecule has 10 heteroatoms. The molecule has 2 aromatic carbocycles. The van der Waals surface area contributed by atoms with Gasteiger partial charge in [0.15, 0.2) is 6.10 Å². The Bertz CT molecular complexity index is 933. The van der Waals surface area contributed by atoms with Gasteiger partial charge in [0.25, 0.3) is 11.6 Å². The van der Waals surface area contributed by atoms with Crippen molar-refractivity contribution in [3.05, 3.63) is 58.1 Å². The molecule has 1 aliphatic heterocycles. The van der Waals surface area contributed by atoms with Gasteiger partial charge in [-0.3, -0.25) is 14.9 Å². The Balaban J connectivity index is 2.06. The zero-order valence-electron chi connectivity index (χ0n) is 15.4. The molecule has 3 rings (SSSR count). The summed E-state index contributed by atoms with van der Waals surface area (Å²) in [4.78, 5) is 24.5. The molecule has 0 spiro atoms. The first-order valence-electron chi connectivity index (χ1n) is 8.89. The first kappa shape index (κ1) is 20.4. The van der Waals surface area contributed by atoms with E-state index in [4.69, 9.17) is 4.74 Å². The number of ether oxygens (including phenoxy) is 1. The highest BCUT2D eigenvalue weighted by molar-refractivity contribution is 5.86. The fourth-order valence-corrected chi connectivity index (χ4v) is 3.04. The van der Waals surface area contributed by atoms with Crippen molar-refractivity contribution in [1.82, 2.24) is 5.32 Å². The fraction of sp³-hybridized carbons (Fsp3) is 0.316. The quantitative estimate of drug-likeness (QED) is 0.595. The summed E-state index contributed by atoms with van der Waals surface area (Å²) < 4.78 is 44.8. The Kier molecular flexibility index (Phi) is 5.62. The van der Waals surface area contributed by atoms with Gasteiger partial charge in [-0.05, 0) is 30.7 Å². The summed E-state index contributed by atoms with van der Waals surface area (Å²) >= 11 is 0. The van der Waals surface area contributed by atoms with Crippen LogP contribution < -0.4 is 15.0 Å². The standard InChI is InChI=1S/C19H18F3N3O4/c1-2-9-23-18(26)17-11-24(14-5-3-4-6-16(14)29-17)13-8-7-12(19(20,21)22)10-15(13)25(27)28/h3-8,10,17H,2,9,11H2,1H3,(H,23,26)/t17-/m1/s1. The molecule has 1 heterocycles. The largest absolute Gasteiger partial charge is 0.477 e. The number of nitro benzene ring substituents is 1. The van der Waals surface area contributed by atoms with E-state index in [2.05, 4.69) is 5.32 Å². The number of anilines is 2. The predicted molar refractivity (Wildman–Crippen MR) is 99.3 cm³/mol. The van der Waals surface area contributed by atoms with Crippen molar-refractivity contribution in [2.75, 3.05) is 18.0 Å². The third-order valence-electron chi connectivity index (χ3n) is 4.41. The molecule has 0 saturated heterocycles. The van der Waals surface area contributed by atoms with Crippen molar-refractivity contribution in [3.63, 3.8) is 0 Å². The van der Waals surface area contributed by atoms with Crippen LogP contribution in [0.5, 0.6) is 5.75 Å². The minimum Gasteiger partial charge on any atom is -0.477 e. The first-order valence-corrected chi connectivity index (χ1v) is 8.89. The second-order valence-electron chi connectivity index (χ2n) is 6.43. The van der Waals surface area contributed by atoms with Crippen LogP contribution in [0.1, 0.15) is 18.9 Å². The number of amides is 1. The maximum Gasteiger partial charge on any atom is 0.416 e. The second kappa shape index (κ2) is 7.98. The van der Waals surface area contributed by atoms with E-state index in [1.165, 1.54) is 4.90 Å². The van der Waals surface area contributed by atoms with Crippen LogP contribution in [-0.4, -0.2) is 30.0 Å². The van der Waals surface area contributed by atoms with Gasteiger partial charge in [-0.25, -0.2) is 0 Å². The molecule has 0 bridgehead atoms. The number of rotatable bonds is 5. The smallest absolute Gasteiger partial charge is 0.416 e. The lowest BCUT2D eigenvalue weighted by Crippen LogP contribution is -2.47. The number of alkyl halides is 3. The molecule has 7 nitrogen and oxygen atoms in total. The summed E-state index contributed by atoms with van der Waals surface area (Å²) in [6, 6.07) is 8.89. The molecule has 0 fully saturated rings. The van der Waals surface area contributed by atoms with Crippen LogP contribution in [0.2, 0.25) is 0 Å². The average molecular weight is 409 g/mol. The maximum absolute atomic E-state index is 13.0. The molecule has 0 radical (unpaired) electrons. The summed E-state index contributed by atoms with van der Waals surface area (Å²) in [5.74, 6) is -0.0921. The number of nitrogens with one attached hydrogen (secondary N) is 1. The van der Waals surface area contributed by atoms with Crippen molar-refractivity contribution in [2.45, 2.75) is 25.6 Å². The van der Waals surface area contributed by atoms with Crippen LogP contribution in [0.4, 0.5) is 30.2 Å². The third kappa shape index (κ3) is 4.25. The van der Waals surface area contributed by atoms with E-state index in [1.54, 1.807) is 24.3 Å². The van der Waals surface area contributed by atoms with Crippen molar-refractivity contribution < 1.29 is 27.6 Å². The van der Waals surface area contributed by atoms with Crippen molar-refractivity contribution in [2.24, 2.45) is 0 Å². The van der Waals surface area contributed by atoms with Crippen LogP contribution >= 0.6 is 0 Å². The van der Waals surface area contributed by atoms with Crippen molar-refractivity contribution >= 4 is 23.0 Å². The zero-order chi connectivity index (χ0) is 21.2. The lowest BCUT2D eigenvalue weighted by Gasteiger charge is -2.35. The molecule has 0 aromatic heterocycles. The van der Waals surface area contributed by atoms with Crippen molar-refractivity contribution in [3.8, 4) is 5.75 Å². The molecule has 0 saturated carbocycles. The molecule has 1 aliphatic rings. The predicted octanol–water partition coefficient (Wildman–Crippen LogP) is 4.04. The Morgan fingerprint density at radius 2 is 2.00 bits per heavy atom. The molecule has 154 valence electrons. The lowest BCUT2D eigenvalue weighted by molar-refractivity contribution is -0.384. The SMILES string of the molecule is CCCNC(=O)[C@H]1CN(c2ccc(C(F)(F)F)cc2[N+](=O)[O-])c2ccccc2O1. The normalized spacial score (nSPS) is 16.0. The number of carbonyl (C=O) groups is 1. The number of halogens is 3. The van der Waals surface area contributed by atoms with Gasteiger partial charge in [0.1, 0.15) is 11.4 Å². The summed E-state index contributed by atoms with van der Waals surface area (Å²) in [5, 5.41) is 14.2. The zero-order valence-corrected chi connectivity index (χ0v) is 15.4. The molecule has 1 amide bonds. The van der Waals surface area contributed by atoms with E-state index in [-0.39, 0.29) is 12.2 Å². The molecule has 2 aromatic rings. The number of benzene rings is 2. The Morgan fingerprint density at radius 1 is 1.28 bits per heavy atom. The van der Waals surface area contributed by atoms with Crippen LogP contribution in [0.3, 0.4) is 0 Å². The van der Waals surface area contributed by atoms with Crippen LogP contribution in [0.15, 0.2) is 42.5 Å². The number of nitro groups is 1. The van der Waals surface area contributed by atoms with E-state index in [1.807, 2.05) is 6.92 Å². The number of para-hydroxylation sites is 2. The number of hydrogen-bond donors (Lipinski definition) is 1. The molecule has 1 N–H and O–H groups in total. The van der Waals surface area contributed by atoms with Crippen LogP contribution in [0.25, 0.3) is 0 Å². The van der Waals surface area contributed by atoms with Crippen LogP contribution in [0, 0.1) is 10.1 Å². The van der Waals surface area contributed by atoms with Crippen molar-refractivity contribution in [1.29, 1.82) is 0 Å². The van der Waals surface area contributed by atoms with Gasteiger partial charge in [0.2, 0.25) is 0 Å². The van der Waals surface area contributed by atoms with Gasteiger partial charge in [-0.15, -0.1) is 0 Å². The Labute approximate surface area is 164 Å². The molecular weight excluding hydrogens is 391 g/mol. The van der Waals surface area contributed by atoms with E-state index in [0.717, 1.165) is 12.1 Å². The summed E-state index contributed by atoms with van der Waals surface area (Å²) in [6.45, 7) is 2.23. The summed E-state index contributed by atoms with van der Waals surface area (Å²) in [5.41, 5.74) is -1.45. The molecule has 0 aliphatic carbocycles. The highest BCUT2D eigenvalue weighted by Gasteiger charge is 2.37. The molecule has 0 unspecified atom stereocenters. The Morgan fingerprint density at radius 3 is 2.66 bits per heavy atom. The lowest BCUT2D eigenvalue weighted by atomic mass is 10.1. The monoisotopic (exact) mass is 409 g/mol. The molecular formula is C19H18F3N3O4. The average Bonchev–Trinajstić information content (AvgIpc) is 2.70. The van der Waals surface area contributed by atoms with Gasteiger partial charge < -0.3 is 15.0 Å². The van der Waals surface area contributed by atoms with Gasteiger partial charge in [-0.2, -0.15) is 13.2 Å². The Hall–Kier alpha value is -3.30.